The van der Waals surface area contributed by atoms with Crippen LogP contribution in [0.5, 0.6) is 0 Å². The van der Waals surface area contributed by atoms with Crippen molar-refractivity contribution in [2.24, 2.45) is 0 Å². The van der Waals surface area contributed by atoms with Gasteiger partial charge in [-0.25, -0.2) is 9.97 Å². The molecule has 3 aromatic heterocycles. The normalized spacial score (nSPS) is 15.0. The lowest BCUT2D eigenvalue weighted by atomic mass is 10.0. The smallest absolute Gasteiger partial charge is 0.137 e. The molecule has 4 heterocycles. The molecule has 0 bridgehead atoms. The van der Waals surface area contributed by atoms with Crippen LogP contribution in [0.1, 0.15) is 16.8 Å². The Kier molecular flexibility index (Phi) is 5.08. The van der Waals surface area contributed by atoms with Crippen LogP contribution in [-0.2, 0) is 6.54 Å². The number of benzene rings is 1. The molecule has 5 rings (SSSR count). The fraction of sp³-hybridized carbons (Fsp3) is 0.280. The Morgan fingerprint density at radius 3 is 2.55 bits per heavy atom. The molecule has 0 spiro atoms. The zero-order chi connectivity index (χ0) is 21.4. The van der Waals surface area contributed by atoms with Gasteiger partial charge in [-0.2, -0.15) is 0 Å². The minimum absolute atomic E-state index is 0.748. The van der Waals surface area contributed by atoms with Gasteiger partial charge in [0.25, 0.3) is 0 Å². The predicted octanol–water partition coefficient (Wildman–Crippen LogP) is 3.92. The second-order valence-corrected chi connectivity index (χ2v) is 8.37. The summed E-state index contributed by atoms with van der Waals surface area (Å²) in [6.07, 6.45) is 3.86. The third-order valence-electron chi connectivity index (χ3n) is 6.10. The van der Waals surface area contributed by atoms with Crippen molar-refractivity contribution in [1.82, 2.24) is 19.3 Å². The maximum atomic E-state index is 6.13. The Bertz CT molecular complexity index is 1210. The summed E-state index contributed by atoms with van der Waals surface area (Å²) >= 11 is 0. The van der Waals surface area contributed by atoms with Crippen LogP contribution in [0.15, 0.2) is 60.9 Å². The zero-order valence-corrected chi connectivity index (χ0v) is 18.1. The number of fused-ring (bicyclic) bond motifs is 1. The van der Waals surface area contributed by atoms with Crippen LogP contribution in [0.25, 0.3) is 16.9 Å². The molecule has 31 heavy (non-hydrogen) atoms. The minimum Gasteiger partial charge on any atom is -0.398 e. The van der Waals surface area contributed by atoms with Crippen LogP contribution in [-0.4, -0.2) is 45.4 Å². The minimum atomic E-state index is 0.748. The zero-order valence-electron chi connectivity index (χ0n) is 18.1. The highest BCUT2D eigenvalue weighted by molar-refractivity contribution is 5.70. The van der Waals surface area contributed by atoms with Crippen molar-refractivity contribution in [3.8, 4) is 11.3 Å². The number of aryl methyl sites for hydroxylation is 2. The van der Waals surface area contributed by atoms with Crippen molar-refractivity contribution < 1.29 is 0 Å². The molecule has 158 valence electrons. The Labute approximate surface area is 183 Å². The number of nitrogens with two attached hydrogens (primary N) is 1. The fourth-order valence-electron chi connectivity index (χ4n) is 4.44. The first kappa shape index (κ1) is 19.6. The van der Waals surface area contributed by atoms with Crippen LogP contribution < -0.4 is 10.6 Å². The van der Waals surface area contributed by atoms with E-state index in [0.717, 1.165) is 55.6 Å². The van der Waals surface area contributed by atoms with Crippen molar-refractivity contribution in [2.45, 2.75) is 20.4 Å². The molecule has 0 saturated carbocycles. The molecule has 1 aliphatic heterocycles. The third kappa shape index (κ3) is 3.86. The van der Waals surface area contributed by atoms with Crippen molar-refractivity contribution in [3.05, 3.63) is 77.7 Å². The Hall–Kier alpha value is -3.38. The second-order valence-electron chi connectivity index (χ2n) is 8.37. The van der Waals surface area contributed by atoms with Gasteiger partial charge in [-0.3, -0.25) is 4.90 Å². The standard InChI is InChI=1S/C25H28N6/c1-18-6-8-21(19(2)15-18)25-22(31-16-20(26)7-9-24(31)28-25)17-29-11-13-30(14-12-29)23-5-3-4-10-27-23/h3-10,15-16H,11-14,17,26H2,1-2H3. The molecule has 0 unspecified atom stereocenters. The van der Waals surface area contributed by atoms with Gasteiger partial charge in [-0.05, 0) is 43.7 Å². The fourth-order valence-corrected chi connectivity index (χ4v) is 4.44. The highest BCUT2D eigenvalue weighted by Crippen LogP contribution is 2.30. The van der Waals surface area contributed by atoms with Crippen LogP contribution in [0.3, 0.4) is 0 Å². The van der Waals surface area contributed by atoms with Gasteiger partial charge in [-0.15, -0.1) is 0 Å². The first-order chi connectivity index (χ1) is 15.1. The van der Waals surface area contributed by atoms with Gasteiger partial charge in [0.05, 0.1) is 11.4 Å². The van der Waals surface area contributed by atoms with Crippen LogP contribution in [0.4, 0.5) is 11.5 Å². The SMILES string of the molecule is Cc1ccc(-c2nc3ccc(N)cn3c2CN2CCN(c3ccccn3)CC2)c(C)c1. The molecule has 1 saturated heterocycles. The summed E-state index contributed by atoms with van der Waals surface area (Å²) in [4.78, 5) is 14.4. The maximum absolute atomic E-state index is 6.13. The second kappa shape index (κ2) is 8.04. The molecular weight excluding hydrogens is 384 g/mol. The molecule has 0 aliphatic carbocycles. The van der Waals surface area contributed by atoms with E-state index in [4.69, 9.17) is 10.7 Å². The Morgan fingerprint density at radius 1 is 0.968 bits per heavy atom. The van der Waals surface area contributed by atoms with Gasteiger partial charge < -0.3 is 15.0 Å². The highest BCUT2D eigenvalue weighted by Gasteiger charge is 2.22. The number of pyridine rings is 2. The van der Waals surface area contributed by atoms with Gasteiger partial charge in [0.15, 0.2) is 0 Å². The topological polar surface area (TPSA) is 62.7 Å². The van der Waals surface area contributed by atoms with Crippen molar-refractivity contribution in [3.63, 3.8) is 0 Å². The molecule has 0 atom stereocenters. The van der Waals surface area contributed by atoms with E-state index < -0.39 is 0 Å². The molecule has 4 aromatic rings. The summed E-state index contributed by atoms with van der Waals surface area (Å²) in [5, 5.41) is 0. The quantitative estimate of drug-likeness (QED) is 0.550. The van der Waals surface area contributed by atoms with Crippen molar-refractivity contribution in [1.29, 1.82) is 0 Å². The number of nitrogen functional groups attached to an aromatic ring is 1. The lowest BCUT2D eigenvalue weighted by Gasteiger charge is -2.35. The summed E-state index contributed by atoms with van der Waals surface area (Å²) in [5.41, 5.74) is 13.8. The number of nitrogens with zero attached hydrogens (tertiary/aromatic N) is 5. The largest absolute Gasteiger partial charge is 0.398 e. The monoisotopic (exact) mass is 412 g/mol. The summed E-state index contributed by atoms with van der Waals surface area (Å²) in [7, 11) is 0. The van der Waals surface area contributed by atoms with Crippen LogP contribution in [0.2, 0.25) is 0 Å². The van der Waals surface area contributed by atoms with Gasteiger partial charge in [0.1, 0.15) is 11.5 Å². The molecule has 1 aliphatic rings. The van der Waals surface area contributed by atoms with E-state index in [2.05, 4.69) is 57.3 Å². The number of imidazole rings is 1. The van der Waals surface area contributed by atoms with Crippen LogP contribution >= 0.6 is 0 Å². The summed E-state index contributed by atoms with van der Waals surface area (Å²) in [6.45, 7) is 9.03. The lowest BCUT2D eigenvalue weighted by Crippen LogP contribution is -2.46. The number of rotatable bonds is 4. The van der Waals surface area contributed by atoms with Gasteiger partial charge >= 0.3 is 0 Å². The Morgan fingerprint density at radius 2 is 1.81 bits per heavy atom. The Balaban J connectivity index is 1.46. The summed E-state index contributed by atoms with van der Waals surface area (Å²) in [6, 6.07) is 16.6. The molecule has 2 N–H and O–H groups in total. The first-order valence-electron chi connectivity index (χ1n) is 10.8. The molecular formula is C25H28N6. The lowest BCUT2D eigenvalue weighted by molar-refractivity contribution is 0.246. The van der Waals surface area contributed by atoms with Gasteiger partial charge in [-0.1, -0.05) is 29.8 Å². The molecule has 1 fully saturated rings. The average Bonchev–Trinajstić information content (AvgIpc) is 3.12. The number of aromatic nitrogens is 3. The number of hydrogen-bond acceptors (Lipinski definition) is 5. The molecule has 0 radical (unpaired) electrons. The molecule has 6 nitrogen and oxygen atoms in total. The van der Waals surface area contributed by atoms with E-state index in [0.29, 0.717) is 0 Å². The predicted molar refractivity (Wildman–Crippen MR) is 126 cm³/mol. The summed E-state index contributed by atoms with van der Waals surface area (Å²) < 4.78 is 2.16. The molecule has 0 amide bonds. The van der Waals surface area contributed by atoms with Gasteiger partial charge in [0, 0.05) is 56.4 Å². The molecule has 1 aromatic carbocycles. The number of piperazine rings is 1. The van der Waals surface area contributed by atoms with E-state index in [1.807, 2.05) is 36.7 Å². The van der Waals surface area contributed by atoms with E-state index in [1.165, 1.54) is 22.4 Å². The number of hydrogen-bond donors (Lipinski definition) is 1. The maximum Gasteiger partial charge on any atom is 0.137 e. The highest BCUT2D eigenvalue weighted by atomic mass is 15.3. The van der Waals surface area contributed by atoms with Crippen molar-refractivity contribution >= 4 is 17.2 Å². The van der Waals surface area contributed by atoms with Crippen molar-refractivity contribution in [2.75, 3.05) is 36.8 Å². The first-order valence-corrected chi connectivity index (χ1v) is 10.8. The number of anilines is 2. The van der Waals surface area contributed by atoms with E-state index in [-0.39, 0.29) is 0 Å². The molecule has 6 heteroatoms. The summed E-state index contributed by atoms with van der Waals surface area (Å²) in [5.74, 6) is 1.06. The van der Waals surface area contributed by atoms with Crippen LogP contribution in [0, 0.1) is 13.8 Å². The van der Waals surface area contributed by atoms with Gasteiger partial charge in [0.2, 0.25) is 0 Å². The van der Waals surface area contributed by atoms with E-state index >= 15 is 0 Å². The van der Waals surface area contributed by atoms with E-state index in [1.54, 1.807) is 0 Å². The van der Waals surface area contributed by atoms with E-state index in [9.17, 15) is 0 Å². The average molecular weight is 413 g/mol. The third-order valence-corrected chi connectivity index (χ3v) is 6.10.